The Labute approximate surface area is 158 Å². The van der Waals surface area contributed by atoms with Gasteiger partial charge in [-0.25, -0.2) is 0 Å². The second-order valence-electron chi connectivity index (χ2n) is 5.04. The lowest BCUT2D eigenvalue weighted by Crippen LogP contribution is -2.23. The fourth-order valence-electron chi connectivity index (χ4n) is 2.09. The van der Waals surface area contributed by atoms with Crippen molar-refractivity contribution < 1.29 is 19.2 Å². The minimum Gasteiger partial charge on any atom is -0.294 e. The Bertz CT molecular complexity index is 545. The van der Waals surface area contributed by atoms with E-state index in [1.54, 1.807) is 23.5 Å². The fourth-order valence-corrected chi connectivity index (χ4v) is 6.15. The second kappa shape index (κ2) is 9.79. The first kappa shape index (κ1) is 19.7. The first-order valence-corrected chi connectivity index (χ1v) is 11.1. The lowest BCUT2D eigenvalue weighted by Gasteiger charge is -2.08. The Hall–Kier alpha value is -0.580. The Morgan fingerprint density at radius 1 is 1.08 bits per heavy atom. The normalized spacial score (nSPS) is 26.0. The molecule has 0 aromatic rings. The van der Waals surface area contributed by atoms with Crippen molar-refractivity contribution in [3.05, 3.63) is 11.0 Å². The van der Waals surface area contributed by atoms with Crippen molar-refractivity contribution in [1.29, 1.82) is 0 Å². The van der Waals surface area contributed by atoms with Gasteiger partial charge in [0.25, 0.3) is 11.8 Å². The van der Waals surface area contributed by atoms with Gasteiger partial charge in [-0.3, -0.25) is 29.8 Å². The van der Waals surface area contributed by atoms with Gasteiger partial charge < -0.3 is 0 Å². The summed E-state index contributed by atoms with van der Waals surface area (Å²) < 4.78 is 0. The van der Waals surface area contributed by atoms with Gasteiger partial charge >= 0.3 is 0 Å². The molecule has 2 saturated heterocycles. The van der Waals surface area contributed by atoms with Crippen molar-refractivity contribution in [2.24, 2.45) is 0 Å². The molecule has 1 unspecified atom stereocenters. The van der Waals surface area contributed by atoms with Crippen LogP contribution in [0.1, 0.15) is 12.8 Å². The third-order valence-electron chi connectivity index (χ3n) is 3.20. The molecule has 10 heteroatoms. The topological polar surface area (TPSA) is 92.3 Å². The molecule has 2 atom stereocenters. The Kier molecular flexibility index (Phi) is 8.05. The maximum absolute atomic E-state index is 11.2. The van der Waals surface area contributed by atoms with Crippen LogP contribution in [0.2, 0.25) is 0 Å². The summed E-state index contributed by atoms with van der Waals surface area (Å²) in [4.78, 5) is 44.5. The molecular formula is C14H18N2O4S4. The number of carbonyl (C=O) groups excluding carboxylic acids is 4. The number of imide groups is 2. The van der Waals surface area contributed by atoms with Gasteiger partial charge in [0.1, 0.15) is 10.5 Å². The summed E-state index contributed by atoms with van der Waals surface area (Å²) >= 11 is 8.66. The van der Waals surface area contributed by atoms with Crippen LogP contribution in [0.25, 0.3) is 0 Å². The molecule has 0 bridgehead atoms. The maximum atomic E-state index is 11.2. The number of rotatable bonds is 4. The maximum Gasteiger partial charge on any atom is 0.264 e. The summed E-state index contributed by atoms with van der Waals surface area (Å²) in [6.07, 6.45) is 3.38. The van der Waals surface area contributed by atoms with Crippen LogP contribution in [0.3, 0.4) is 0 Å². The van der Waals surface area contributed by atoms with Crippen LogP contribution in [0.5, 0.6) is 0 Å². The molecule has 2 N–H and O–H groups in total. The molecule has 24 heavy (non-hydrogen) atoms. The van der Waals surface area contributed by atoms with Crippen molar-refractivity contribution in [2.45, 2.75) is 23.3 Å². The molecule has 3 heterocycles. The Morgan fingerprint density at radius 3 is 2.21 bits per heavy atom. The quantitative estimate of drug-likeness (QED) is 0.362. The molecule has 0 aromatic heterocycles. The molecule has 0 spiro atoms. The predicted octanol–water partition coefficient (Wildman–Crippen LogP) is 0.830. The highest BCUT2D eigenvalue weighted by Crippen LogP contribution is 2.33. The van der Waals surface area contributed by atoms with Crippen LogP contribution >= 0.6 is 47.9 Å². The van der Waals surface area contributed by atoms with Gasteiger partial charge in [-0.15, -0.1) is 35.3 Å². The first-order valence-electron chi connectivity index (χ1n) is 7.41. The Morgan fingerprint density at radius 2 is 1.71 bits per heavy atom. The average Bonchev–Trinajstić information content (AvgIpc) is 2.88. The van der Waals surface area contributed by atoms with E-state index < -0.39 is 0 Å². The van der Waals surface area contributed by atoms with Gasteiger partial charge in [-0.05, 0) is 35.9 Å². The summed E-state index contributed by atoms with van der Waals surface area (Å²) in [7, 11) is 0. The molecule has 6 nitrogen and oxygen atoms in total. The number of carbonyl (C=O) groups is 4. The minimum absolute atomic E-state index is 0.0931. The summed E-state index contributed by atoms with van der Waals surface area (Å²) in [5.41, 5.74) is 0. The van der Waals surface area contributed by atoms with Gasteiger partial charge in [0.2, 0.25) is 11.8 Å². The number of fused-ring (bicyclic) bond motifs is 1. The smallest absolute Gasteiger partial charge is 0.264 e. The number of nitrogens with one attached hydrogen (secondary N) is 2. The number of thiol groups is 1. The molecule has 3 rings (SSSR count). The molecule has 0 aliphatic carbocycles. The largest absolute Gasteiger partial charge is 0.294 e. The zero-order chi connectivity index (χ0) is 17.5. The van der Waals surface area contributed by atoms with Crippen LogP contribution in [0, 0.1) is 0 Å². The number of hydrogen-bond donors (Lipinski definition) is 3. The summed E-state index contributed by atoms with van der Waals surface area (Å²) in [6.45, 7) is 0. The molecule has 132 valence electrons. The van der Waals surface area contributed by atoms with Gasteiger partial charge in [0.15, 0.2) is 0 Å². The summed E-state index contributed by atoms with van der Waals surface area (Å²) in [5, 5.41) is 4.31. The van der Waals surface area contributed by atoms with E-state index in [2.05, 4.69) is 23.3 Å². The van der Waals surface area contributed by atoms with E-state index >= 15 is 0 Å². The van der Waals surface area contributed by atoms with Crippen LogP contribution < -0.4 is 10.6 Å². The zero-order valence-electron chi connectivity index (χ0n) is 12.8. The highest BCUT2D eigenvalue weighted by molar-refractivity contribution is 8.05. The van der Waals surface area contributed by atoms with Crippen LogP contribution in [-0.2, 0) is 19.2 Å². The van der Waals surface area contributed by atoms with E-state index in [-0.39, 0.29) is 34.1 Å². The molecule has 4 amide bonds. The van der Waals surface area contributed by atoms with Gasteiger partial charge in [0.05, 0.1) is 4.91 Å². The van der Waals surface area contributed by atoms with Crippen LogP contribution in [-0.4, -0.2) is 57.1 Å². The van der Waals surface area contributed by atoms with E-state index in [0.29, 0.717) is 4.91 Å². The third kappa shape index (κ3) is 5.47. The summed E-state index contributed by atoms with van der Waals surface area (Å²) in [6, 6.07) is 0. The molecular weight excluding hydrogens is 388 g/mol. The number of thioether (sulfide) groups is 3. The lowest BCUT2D eigenvalue weighted by atomic mass is 10.3. The first-order chi connectivity index (χ1) is 11.5. The Balaban J connectivity index is 0.000000174. The van der Waals surface area contributed by atoms with Gasteiger partial charge in [-0.1, -0.05) is 0 Å². The molecule has 0 saturated carbocycles. The lowest BCUT2D eigenvalue weighted by molar-refractivity contribution is -0.125. The number of hydrogen-bond acceptors (Lipinski definition) is 8. The molecule has 0 aromatic carbocycles. The number of amides is 4. The zero-order valence-corrected chi connectivity index (χ0v) is 16.1. The molecule has 3 aliphatic rings. The minimum atomic E-state index is -0.312. The van der Waals surface area contributed by atoms with Crippen LogP contribution in [0.4, 0.5) is 0 Å². The second-order valence-corrected chi connectivity index (χ2v) is 9.13. The van der Waals surface area contributed by atoms with Crippen molar-refractivity contribution >= 4 is 71.5 Å². The SMILES string of the molecule is O=C1C=C(SCCCS)C(=O)N1.O=C1NC(=O)[C@@H]2SCCCSC12. The highest BCUT2D eigenvalue weighted by atomic mass is 32.2. The van der Waals surface area contributed by atoms with Gasteiger partial charge in [-0.2, -0.15) is 12.6 Å². The molecule has 3 aliphatic heterocycles. The van der Waals surface area contributed by atoms with Crippen molar-refractivity contribution in [3.63, 3.8) is 0 Å². The van der Waals surface area contributed by atoms with E-state index in [9.17, 15) is 19.2 Å². The van der Waals surface area contributed by atoms with Crippen molar-refractivity contribution in [3.8, 4) is 0 Å². The monoisotopic (exact) mass is 406 g/mol. The molecule has 0 radical (unpaired) electrons. The van der Waals surface area contributed by atoms with Crippen LogP contribution in [0.15, 0.2) is 11.0 Å². The van der Waals surface area contributed by atoms with E-state index in [4.69, 9.17) is 0 Å². The summed E-state index contributed by atoms with van der Waals surface area (Å²) in [5.74, 6) is 2.85. The van der Waals surface area contributed by atoms with Gasteiger partial charge in [0, 0.05) is 6.08 Å². The van der Waals surface area contributed by atoms with E-state index in [1.165, 1.54) is 17.8 Å². The fraction of sp³-hybridized carbons (Fsp3) is 0.571. The average molecular weight is 407 g/mol. The predicted molar refractivity (Wildman–Crippen MR) is 102 cm³/mol. The van der Waals surface area contributed by atoms with Crippen molar-refractivity contribution in [1.82, 2.24) is 10.6 Å². The van der Waals surface area contributed by atoms with Crippen molar-refractivity contribution in [2.75, 3.05) is 23.0 Å². The molecule has 2 fully saturated rings. The highest BCUT2D eigenvalue weighted by Gasteiger charge is 2.42. The van der Waals surface area contributed by atoms with E-state index in [0.717, 1.165) is 35.9 Å². The third-order valence-corrected chi connectivity index (χ3v) is 7.54. The van der Waals surface area contributed by atoms with E-state index in [1.807, 2.05) is 0 Å². The standard InChI is InChI=1S/2C7H9NO2S2/c9-6-4-5(7(10)8-6)12-3-1-2-11-4;9-6-4-5(7(10)8-6)12-3-1-2-11/h4-5H,1-3H2,(H,8,9,10);4,11H,1-3H2,(H,8,9,10)/t4-,5?;/m1./s1.